The van der Waals surface area contributed by atoms with Gasteiger partial charge in [0, 0.05) is 29.3 Å². The Labute approximate surface area is 281 Å². The van der Waals surface area contributed by atoms with E-state index in [1.807, 2.05) is 0 Å². The maximum absolute atomic E-state index is 12.3. The van der Waals surface area contributed by atoms with Crippen molar-refractivity contribution in [2.75, 3.05) is 66.0 Å². The fourth-order valence-electron chi connectivity index (χ4n) is 3.35. The molecule has 268 valence electrons. The number of benzene rings is 1. The van der Waals surface area contributed by atoms with Gasteiger partial charge in [-0.15, -0.1) is 0 Å². The summed E-state index contributed by atoms with van der Waals surface area (Å²) in [6, 6.07) is 6.93. The number of hydrogen-bond donors (Lipinski definition) is 2. The molecule has 0 saturated heterocycles. The number of rotatable bonds is 26. The van der Waals surface area contributed by atoms with E-state index < -0.39 is 36.2 Å². The molecule has 2 N–H and O–H groups in total. The summed E-state index contributed by atoms with van der Waals surface area (Å²) in [5.41, 5.74) is 0.794. The maximum atomic E-state index is 12.3. The second-order valence-corrected chi connectivity index (χ2v) is 10.7. The average Bonchev–Trinajstić information content (AvgIpc) is 3.04. The quantitative estimate of drug-likeness (QED) is 0.0631. The number of unbranched alkanes of at least 4 members (excludes halogenated alkanes) is 2. The zero-order valence-corrected chi connectivity index (χ0v) is 28.1. The van der Waals surface area contributed by atoms with Gasteiger partial charge in [0.05, 0.1) is 33.0 Å². The molecule has 1 amide bonds. The summed E-state index contributed by atoms with van der Waals surface area (Å²) in [5.74, 6) is -0.554. The molecule has 14 heteroatoms. The zero-order chi connectivity index (χ0) is 35.7. The number of esters is 3. The van der Waals surface area contributed by atoms with E-state index in [0.29, 0.717) is 36.5 Å². The first-order valence-corrected chi connectivity index (χ1v) is 15.5. The highest BCUT2D eigenvalue weighted by molar-refractivity contribution is 5.87. The number of aliphatic hydroxyl groups excluding tert-OH is 1. The normalized spacial score (nSPS) is 11.8. The van der Waals surface area contributed by atoms with Gasteiger partial charge >= 0.3 is 24.0 Å². The van der Waals surface area contributed by atoms with Gasteiger partial charge in [0.15, 0.2) is 6.10 Å². The van der Waals surface area contributed by atoms with E-state index in [0.717, 1.165) is 6.42 Å². The van der Waals surface area contributed by atoms with Crippen molar-refractivity contribution in [1.82, 2.24) is 5.32 Å². The minimum absolute atomic E-state index is 0.0271. The predicted octanol–water partition coefficient (Wildman–Crippen LogP) is 3.46. The van der Waals surface area contributed by atoms with Crippen molar-refractivity contribution < 1.29 is 62.2 Å². The monoisotopic (exact) mass is 679 g/mol. The van der Waals surface area contributed by atoms with Crippen LogP contribution in [0.2, 0.25) is 0 Å². The Bertz CT molecular complexity index is 1200. The molecule has 0 saturated carbocycles. The third kappa shape index (κ3) is 20.7. The summed E-state index contributed by atoms with van der Waals surface area (Å²) in [7, 11) is 0. The molecule has 48 heavy (non-hydrogen) atoms. The first-order chi connectivity index (χ1) is 22.9. The molecule has 0 bridgehead atoms. The molecule has 0 aliphatic heterocycles. The number of aliphatic hydroxyl groups is 1. The molecular weight excluding hydrogens is 630 g/mol. The Morgan fingerprint density at radius 3 is 1.81 bits per heavy atom. The average molecular weight is 680 g/mol. The van der Waals surface area contributed by atoms with Gasteiger partial charge in [-0.05, 0) is 52.2 Å². The molecule has 2 atom stereocenters. The van der Waals surface area contributed by atoms with Gasteiger partial charge in [-0.25, -0.2) is 19.2 Å². The van der Waals surface area contributed by atoms with Crippen molar-refractivity contribution in [3.8, 4) is 11.5 Å². The molecule has 1 rings (SSSR count). The molecule has 0 spiro atoms. The molecule has 0 radical (unpaired) electrons. The summed E-state index contributed by atoms with van der Waals surface area (Å²) < 4.78 is 42.7. The van der Waals surface area contributed by atoms with E-state index in [1.165, 1.54) is 13.8 Å². The number of ether oxygens (including phenoxy) is 8. The summed E-state index contributed by atoms with van der Waals surface area (Å²) in [6.45, 7) is 16.0. The molecule has 1 aromatic carbocycles. The van der Waals surface area contributed by atoms with Crippen molar-refractivity contribution >= 4 is 24.0 Å². The molecule has 1 aromatic rings. The van der Waals surface area contributed by atoms with Crippen LogP contribution in [0.25, 0.3) is 0 Å². The second-order valence-electron chi connectivity index (χ2n) is 10.7. The number of hydrogen-bond acceptors (Lipinski definition) is 13. The zero-order valence-electron chi connectivity index (χ0n) is 28.1. The van der Waals surface area contributed by atoms with Crippen LogP contribution in [0.15, 0.2) is 60.7 Å². The smallest absolute Gasteiger partial charge is 0.407 e. The van der Waals surface area contributed by atoms with Gasteiger partial charge in [0.2, 0.25) is 0 Å². The van der Waals surface area contributed by atoms with Gasteiger partial charge in [-0.1, -0.05) is 25.8 Å². The number of nitrogens with one attached hydrogen (secondary N) is 1. The summed E-state index contributed by atoms with van der Waals surface area (Å²) >= 11 is 0. The number of amides is 1. The maximum Gasteiger partial charge on any atom is 0.407 e. The fourth-order valence-corrected chi connectivity index (χ4v) is 3.35. The molecule has 14 nitrogen and oxygen atoms in total. The highest BCUT2D eigenvalue weighted by Gasteiger charge is 2.18. The molecular formula is C34H49NO13. The lowest BCUT2D eigenvalue weighted by Gasteiger charge is -2.18. The van der Waals surface area contributed by atoms with Crippen LogP contribution in [0.3, 0.4) is 0 Å². The Morgan fingerprint density at radius 2 is 1.23 bits per heavy atom. The van der Waals surface area contributed by atoms with Crippen molar-refractivity contribution in [2.45, 2.75) is 52.2 Å². The minimum atomic E-state index is -0.966. The van der Waals surface area contributed by atoms with E-state index in [2.05, 4.69) is 25.1 Å². The Hall–Kier alpha value is -4.40. The van der Waals surface area contributed by atoms with Crippen molar-refractivity contribution in [2.24, 2.45) is 0 Å². The first kappa shape index (κ1) is 41.6. The largest absolute Gasteiger partial charge is 0.491 e. The van der Waals surface area contributed by atoms with Crippen molar-refractivity contribution in [1.29, 1.82) is 0 Å². The SMILES string of the molecule is C=C(C)C(=O)OCCCCCNC(=O)OC(COCCOc1cccc(OCCOCC(O)COC(=O)C(=C)C)c1)COC(=O)C(=C)C. The van der Waals surface area contributed by atoms with E-state index in [9.17, 15) is 24.3 Å². The third-order valence-electron chi connectivity index (χ3n) is 5.86. The van der Waals surface area contributed by atoms with Crippen molar-refractivity contribution in [3.05, 3.63) is 60.7 Å². The first-order valence-electron chi connectivity index (χ1n) is 15.5. The van der Waals surface area contributed by atoms with Gasteiger partial charge in [0.25, 0.3) is 0 Å². The van der Waals surface area contributed by atoms with Crippen LogP contribution in [0.4, 0.5) is 4.79 Å². The standard InChI is InChI=1S/C34H49NO13/c1-24(2)31(37)45-14-9-7-8-13-35-34(40)48-30(23-47-33(39)26(5)6)22-42-16-18-44-29-12-10-11-28(19-29)43-17-15-41-20-27(36)21-46-32(38)25(3)4/h10-12,19,27,30,36H,1,3,5,7-9,13-18,20-23H2,2,4,6H3,(H,35,40). The summed E-state index contributed by atoms with van der Waals surface area (Å²) in [5, 5.41) is 12.5. The Balaban J connectivity index is 2.35. The Morgan fingerprint density at radius 1 is 0.688 bits per heavy atom. The van der Waals surface area contributed by atoms with E-state index in [-0.39, 0.29) is 70.6 Å². The van der Waals surface area contributed by atoms with E-state index >= 15 is 0 Å². The van der Waals surface area contributed by atoms with Gasteiger partial charge in [-0.3, -0.25) is 0 Å². The lowest BCUT2D eigenvalue weighted by molar-refractivity contribution is -0.143. The highest BCUT2D eigenvalue weighted by Crippen LogP contribution is 2.19. The second kappa shape index (κ2) is 24.7. The molecule has 2 unspecified atom stereocenters. The summed E-state index contributed by atoms with van der Waals surface area (Å²) in [4.78, 5) is 46.9. The molecule has 0 heterocycles. The van der Waals surface area contributed by atoms with Crippen LogP contribution in [-0.2, 0) is 42.8 Å². The number of carbonyl (C=O) groups excluding carboxylic acids is 4. The van der Waals surface area contributed by atoms with Crippen LogP contribution >= 0.6 is 0 Å². The van der Waals surface area contributed by atoms with E-state index in [1.54, 1.807) is 31.2 Å². The highest BCUT2D eigenvalue weighted by atomic mass is 16.6. The molecule has 0 aliphatic carbocycles. The summed E-state index contributed by atoms with van der Waals surface area (Å²) in [6.07, 6.45) is -0.528. The number of alkyl carbamates (subject to hydrolysis) is 1. The molecule has 0 aliphatic rings. The topological polar surface area (TPSA) is 174 Å². The van der Waals surface area contributed by atoms with E-state index in [4.69, 9.17) is 37.9 Å². The lowest BCUT2D eigenvalue weighted by atomic mass is 10.2. The predicted molar refractivity (Wildman–Crippen MR) is 175 cm³/mol. The number of carbonyl (C=O) groups is 4. The molecule has 0 fully saturated rings. The van der Waals surface area contributed by atoms with Crippen LogP contribution in [-0.4, -0.2) is 107 Å². The van der Waals surface area contributed by atoms with Gasteiger partial charge < -0.3 is 48.3 Å². The lowest BCUT2D eigenvalue weighted by Crippen LogP contribution is -2.35. The van der Waals surface area contributed by atoms with Gasteiger partial charge in [0.1, 0.15) is 44.0 Å². The van der Waals surface area contributed by atoms with Crippen molar-refractivity contribution in [3.63, 3.8) is 0 Å². The molecule has 0 aromatic heterocycles. The fraction of sp³-hybridized carbons (Fsp3) is 0.529. The van der Waals surface area contributed by atoms with Crippen LogP contribution < -0.4 is 14.8 Å². The Kier molecular flexibility index (Phi) is 21.4. The van der Waals surface area contributed by atoms with Crippen LogP contribution in [0.5, 0.6) is 11.5 Å². The third-order valence-corrected chi connectivity index (χ3v) is 5.86. The van der Waals surface area contributed by atoms with Gasteiger partial charge in [-0.2, -0.15) is 0 Å². The van der Waals surface area contributed by atoms with Crippen LogP contribution in [0.1, 0.15) is 40.0 Å². The minimum Gasteiger partial charge on any atom is -0.491 e. The van der Waals surface area contributed by atoms with Crippen LogP contribution in [0, 0.1) is 0 Å².